The lowest BCUT2D eigenvalue weighted by atomic mass is 9.71. The number of nitrogens with two attached hydrogens (primary N) is 1. The third-order valence-corrected chi connectivity index (χ3v) is 4.96. The van der Waals surface area contributed by atoms with Crippen LogP contribution in [0.4, 0.5) is 10.5 Å². The van der Waals surface area contributed by atoms with E-state index in [9.17, 15) is 9.59 Å². The van der Waals surface area contributed by atoms with E-state index in [1.54, 1.807) is 14.1 Å². The van der Waals surface area contributed by atoms with Gasteiger partial charge >= 0.3 is 6.03 Å². The number of halogens is 1. The standard InChI is InChI=1S/C19H30N4O2.ClH/c1-23(2)18(25)22-16-8-6-7-15(11-16)13-21-17(24)12-19(14-20)9-4-3-5-10-19;/h6-8,11H,3-5,9-10,12-14,20H2,1-2H3,(H,21,24)(H,22,25);1H. The fourth-order valence-corrected chi connectivity index (χ4v) is 3.35. The Morgan fingerprint density at radius 2 is 1.88 bits per heavy atom. The Bertz CT molecular complexity index is 601. The van der Waals surface area contributed by atoms with E-state index < -0.39 is 0 Å². The van der Waals surface area contributed by atoms with Crippen LogP contribution in [0.2, 0.25) is 0 Å². The number of hydrogen-bond acceptors (Lipinski definition) is 3. The molecule has 0 heterocycles. The van der Waals surface area contributed by atoms with Gasteiger partial charge in [0, 0.05) is 32.7 Å². The lowest BCUT2D eigenvalue weighted by Crippen LogP contribution is -2.38. The van der Waals surface area contributed by atoms with Crippen molar-refractivity contribution in [1.29, 1.82) is 0 Å². The second-order valence-corrected chi connectivity index (χ2v) is 7.24. The third kappa shape index (κ3) is 6.50. The van der Waals surface area contributed by atoms with Crippen LogP contribution < -0.4 is 16.4 Å². The summed E-state index contributed by atoms with van der Waals surface area (Å²) in [5, 5.41) is 5.80. The lowest BCUT2D eigenvalue weighted by Gasteiger charge is -2.35. The molecule has 0 aliphatic heterocycles. The molecule has 0 aromatic heterocycles. The average molecular weight is 383 g/mol. The minimum atomic E-state index is -0.177. The second kappa shape index (κ2) is 10.4. The van der Waals surface area contributed by atoms with Gasteiger partial charge in [-0.3, -0.25) is 4.79 Å². The summed E-state index contributed by atoms with van der Waals surface area (Å²) in [7, 11) is 3.38. The average Bonchev–Trinajstić information content (AvgIpc) is 2.61. The zero-order valence-electron chi connectivity index (χ0n) is 15.7. The maximum absolute atomic E-state index is 12.4. The van der Waals surface area contributed by atoms with Crippen LogP contribution in [0.1, 0.15) is 44.1 Å². The highest BCUT2D eigenvalue weighted by Gasteiger charge is 2.32. The van der Waals surface area contributed by atoms with Gasteiger partial charge in [-0.05, 0) is 42.5 Å². The van der Waals surface area contributed by atoms with Crippen LogP contribution in [-0.4, -0.2) is 37.5 Å². The van der Waals surface area contributed by atoms with Crippen molar-refractivity contribution in [2.24, 2.45) is 11.1 Å². The predicted molar refractivity (Wildman–Crippen MR) is 107 cm³/mol. The molecule has 6 nitrogen and oxygen atoms in total. The number of amides is 3. The van der Waals surface area contributed by atoms with Crippen LogP contribution in [0.3, 0.4) is 0 Å². The normalized spacial score (nSPS) is 15.5. The van der Waals surface area contributed by atoms with Gasteiger partial charge in [0.05, 0.1) is 0 Å². The van der Waals surface area contributed by atoms with E-state index in [1.165, 1.54) is 11.3 Å². The van der Waals surface area contributed by atoms with E-state index >= 15 is 0 Å². The molecule has 4 N–H and O–H groups in total. The maximum Gasteiger partial charge on any atom is 0.321 e. The molecule has 0 atom stereocenters. The Morgan fingerprint density at radius 3 is 2.50 bits per heavy atom. The number of carbonyl (C=O) groups excluding carboxylic acids is 2. The van der Waals surface area contributed by atoms with E-state index in [-0.39, 0.29) is 29.8 Å². The predicted octanol–water partition coefficient (Wildman–Crippen LogP) is 3.12. The van der Waals surface area contributed by atoms with E-state index in [0.717, 1.165) is 36.9 Å². The summed E-state index contributed by atoms with van der Waals surface area (Å²) in [6.45, 7) is 1.03. The smallest absolute Gasteiger partial charge is 0.321 e. The highest BCUT2D eigenvalue weighted by atomic mass is 35.5. The first-order valence-corrected chi connectivity index (χ1v) is 8.98. The molecule has 0 bridgehead atoms. The molecule has 26 heavy (non-hydrogen) atoms. The molecule has 0 spiro atoms. The van der Waals surface area contributed by atoms with Gasteiger partial charge in [-0.25, -0.2) is 4.79 Å². The zero-order valence-corrected chi connectivity index (χ0v) is 16.5. The van der Waals surface area contributed by atoms with Gasteiger partial charge in [0.15, 0.2) is 0 Å². The van der Waals surface area contributed by atoms with Gasteiger partial charge < -0.3 is 21.3 Å². The van der Waals surface area contributed by atoms with Gasteiger partial charge in [-0.2, -0.15) is 0 Å². The maximum atomic E-state index is 12.4. The van der Waals surface area contributed by atoms with Crippen molar-refractivity contribution in [2.45, 2.75) is 45.1 Å². The molecule has 0 unspecified atom stereocenters. The van der Waals surface area contributed by atoms with Crippen molar-refractivity contribution in [3.63, 3.8) is 0 Å². The number of carbonyl (C=O) groups is 2. The van der Waals surface area contributed by atoms with Crippen molar-refractivity contribution < 1.29 is 9.59 Å². The molecule has 0 saturated heterocycles. The molecule has 1 aromatic carbocycles. The Morgan fingerprint density at radius 1 is 1.19 bits per heavy atom. The van der Waals surface area contributed by atoms with Crippen LogP contribution >= 0.6 is 12.4 Å². The van der Waals surface area contributed by atoms with Gasteiger partial charge in [0.1, 0.15) is 0 Å². The Balaban J connectivity index is 0.00000338. The lowest BCUT2D eigenvalue weighted by molar-refractivity contribution is -0.124. The first-order chi connectivity index (χ1) is 11.9. The first-order valence-electron chi connectivity index (χ1n) is 8.98. The highest BCUT2D eigenvalue weighted by Crippen LogP contribution is 2.38. The minimum Gasteiger partial charge on any atom is -0.352 e. The summed E-state index contributed by atoms with van der Waals surface area (Å²) in [6, 6.07) is 7.34. The van der Waals surface area contributed by atoms with Crippen LogP contribution in [0.5, 0.6) is 0 Å². The van der Waals surface area contributed by atoms with Crippen LogP contribution in [0.25, 0.3) is 0 Å². The second-order valence-electron chi connectivity index (χ2n) is 7.24. The Kier molecular flexibility index (Phi) is 8.88. The molecule has 0 radical (unpaired) electrons. The fourth-order valence-electron chi connectivity index (χ4n) is 3.35. The molecular formula is C19H31ClN4O2. The third-order valence-electron chi connectivity index (χ3n) is 4.96. The number of urea groups is 1. The molecular weight excluding hydrogens is 352 g/mol. The van der Waals surface area contributed by atoms with Crippen LogP contribution in [-0.2, 0) is 11.3 Å². The van der Waals surface area contributed by atoms with Crippen molar-refractivity contribution in [1.82, 2.24) is 10.2 Å². The topological polar surface area (TPSA) is 87.5 Å². The molecule has 2 rings (SSSR count). The summed E-state index contributed by atoms with van der Waals surface area (Å²) in [4.78, 5) is 25.5. The van der Waals surface area contributed by atoms with E-state index in [4.69, 9.17) is 5.73 Å². The summed E-state index contributed by atoms with van der Waals surface area (Å²) in [5.74, 6) is 0.0510. The number of hydrogen-bond donors (Lipinski definition) is 3. The van der Waals surface area contributed by atoms with Crippen LogP contribution in [0.15, 0.2) is 24.3 Å². The Hall–Kier alpha value is -1.79. The van der Waals surface area contributed by atoms with Crippen molar-refractivity contribution in [3.8, 4) is 0 Å². The van der Waals surface area contributed by atoms with E-state index in [0.29, 0.717) is 19.5 Å². The molecule has 1 fully saturated rings. The SMILES string of the molecule is CN(C)C(=O)Nc1cccc(CNC(=O)CC2(CN)CCCCC2)c1.Cl. The Labute approximate surface area is 162 Å². The van der Waals surface area contributed by atoms with Gasteiger partial charge in [-0.1, -0.05) is 31.4 Å². The summed E-state index contributed by atoms with van der Waals surface area (Å²) >= 11 is 0. The number of rotatable bonds is 6. The van der Waals surface area contributed by atoms with Gasteiger partial charge in [0.2, 0.25) is 5.91 Å². The molecule has 146 valence electrons. The van der Waals surface area contributed by atoms with Crippen LogP contribution in [0, 0.1) is 5.41 Å². The molecule has 3 amide bonds. The minimum absolute atomic E-state index is 0. The van der Waals surface area contributed by atoms with E-state index in [2.05, 4.69) is 10.6 Å². The molecule has 1 saturated carbocycles. The molecule has 7 heteroatoms. The summed E-state index contributed by atoms with van der Waals surface area (Å²) < 4.78 is 0. The largest absolute Gasteiger partial charge is 0.352 e. The van der Waals surface area contributed by atoms with Gasteiger partial charge in [0.25, 0.3) is 0 Å². The quantitative estimate of drug-likeness (QED) is 0.706. The zero-order chi connectivity index (χ0) is 18.3. The van der Waals surface area contributed by atoms with Crippen molar-refractivity contribution in [3.05, 3.63) is 29.8 Å². The summed E-state index contributed by atoms with van der Waals surface area (Å²) in [5.41, 5.74) is 7.61. The molecule has 1 aliphatic rings. The summed E-state index contributed by atoms with van der Waals surface area (Å²) in [6.07, 6.45) is 6.16. The number of nitrogens with zero attached hydrogens (tertiary/aromatic N) is 1. The van der Waals surface area contributed by atoms with E-state index in [1.807, 2.05) is 24.3 Å². The van der Waals surface area contributed by atoms with Crippen molar-refractivity contribution >= 4 is 30.0 Å². The number of anilines is 1. The first kappa shape index (κ1) is 22.3. The van der Waals surface area contributed by atoms with Crippen molar-refractivity contribution in [2.75, 3.05) is 26.0 Å². The highest BCUT2D eigenvalue weighted by molar-refractivity contribution is 5.89. The fraction of sp³-hybridized carbons (Fsp3) is 0.579. The number of nitrogens with one attached hydrogen (secondary N) is 2. The monoisotopic (exact) mass is 382 g/mol. The molecule has 1 aromatic rings. The van der Waals surface area contributed by atoms with Gasteiger partial charge in [-0.15, -0.1) is 12.4 Å². The number of benzene rings is 1. The molecule has 1 aliphatic carbocycles.